The summed E-state index contributed by atoms with van der Waals surface area (Å²) in [7, 11) is 0. The third-order valence-electron chi connectivity index (χ3n) is 2.73. The summed E-state index contributed by atoms with van der Waals surface area (Å²) in [6.07, 6.45) is 0.0573. The van der Waals surface area contributed by atoms with Gasteiger partial charge in [-0.1, -0.05) is 23.7 Å². The highest BCUT2D eigenvalue weighted by atomic mass is 35.5. The molecule has 2 N–H and O–H groups in total. The van der Waals surface area contributed by atoms with Gasteiger partial charge < -0.3 is 10.4 Å². The number of hydrogen-bond acceptors (Lipinski definition) is 4. The van der Waals surface area contributed by atoms with Crippen LogP contribution in [0.25, 0.3) is 10.6 Å². The van der Waals surface area contributed by atoms with Crippen molar-refractivity contribution in [3.8, 4) is 10.6 Å². The number of carboxylic acids is 1. The molecule has 0 spiro atoms. The van der Waals surface area contributed by atoms with E-state index >= 15 is 0 Å². The fourth-order valence-corrected chi connectivity index (χ4v) is 2.58. The van der Waals surface area contributed by atoms with Gasteiger partial charge in [0.05, 0.1) is 12.1 Å². The van der Waals surface area contributed by atoms with Crippen molar-refractivity contribution in [1.82, 2.24) is 10.3 Å². The molecular formula is C14H13ClN2O3S. The number of carbonyl (C=O) groups excluding carboxylic acids is 1. The number of benzene rings is 1. The maximum Gasteiger partial charge on any atom is 0.325 e. The normalized spacial score (nSPS) is 11.9. The van der Waals surface area contributed by atoms with Crippen molar-refractivity contribution in [1.29, 1.82) is 0 Å². The standard InChI is InChI=1S/C14H13ClN2O3S/c1-8(14(19)20)16-12(18)6-11-7-21-13(17-11)9-2-4-10(15)5-3-9/h2-5,7-8H,6H2,1H3,(H,16,18)(H,19,20)/t8-/m1/s1. The van der Waals surface area contributed by atoms with Crippen LogP contribution < -0.4 is 5.32 Å². The van der Waals surface area contributed by atoms with Crippen LogP contribution in [-0.2, 0) is 16.0 Å². The first-order valence-corrected chi connectivity index (χ1v) is 7.44. The molecule has 7 heteroatoms. The summed E-state index contributed by atoms with van der Waals surface area (Å²) >= 11 is 7.25. The highest BCUT2D eigenvalue weighted by Gasteiger charge is 2.15. The Kier molecular flexibility index (Phi) is 4.93. The minimum atomic E-state index is -1.07. The average Bonchev–Trinajstić information content (AvgIpc) is 2.87. The Hall–Kier alpha value is -1.92. The van der Waals surface area contributed by atoms with E-state index in [2.05, 4.69) is 10.3 Å². The van der Waals surface area contributed by atoms with Crippen LogP contribution in [0.5, 0.6) is 0 Å². The summed E-state index contributed by atoms with van der Waals surface area (Å²) < 4.78 is 0. The lowest BCUT2D eigenvalue weighted by molar-refractivity contribution is -0.141. The predicted octanol–water partition coefficient (Wildman–Crippen LogP) is 2.60. The van der Waals surface area contributed by atoms with Crippen molar-refractivity contribution >= 4 is 34.8 Å². The first-order chi connectivity index (χ1) is 9.95. The van der Waals surface area contributed by atoms with E-state index in [0.29, 0.717) is 10.7 Å². The van der Waals surface area contributed by atoms with E-state index in [1.54, 1.807) is 17.5 Å². The topological polar surface area (TPSA) is 79.3 Å². The zero-order chi connectivity index (χ0) is 15.4. The Balaban J connectivity index is 2.01. The molecule has 0 fully saturated rings. The van der Waals surface area contributed by atoms with Gasteiger partial charge in [-0.15, -0.1) is 11.3 Å². The van der Waals surface area contributed by atoms with Crippen LogP contribution >= 0.6 is 22.9 Å². The molecular weight excluding hydrogens is 312 g/mol. The molecule has 0 saturated heterocycles. The summed E-state index contributed by atoms with van der Waals surface area (Å²) in [6, 6.07) is 6.36. The lowest BCUT2D eigenvalue weighted by atomic mass is 10.2. The van der Waals surface area contributed by atoms with Crippen LogP contribution in [0.1, 0.15) is 12.6 Å². The van der Waals surface area contributed by atoms with Crippen LogP contribution in [-0.4, -0.2) is 28.0 Å². The molecule has 0 unspecified atom stereocenters. The molecule has 21 heavy (non-hydrogen) atoms. The Labute approximate surface area is 130 Å². The third-order valence-corrected chi connectivity index (χ3v) is 3.92. The Morgan fingerprint density at radius 2 is 2.05 bits per heavy atom. The number of nitrogens with one attached hydrogen (secondary N) is 1. The molecule has 0 aliphatic heterocycles. The summed E-state index contributed by atoms with van der Waals surface area (Å²) in [5.74, 6) is -1.43. The monoisotopic (exact) mass is 324 g/mol. The molecule has 0 bridgehead atoms. The lowest BCUT2D eigenvalue weighted by Gasteiger charge is -2.07. The summed E-state index contributed by atoms with van der Waals surface area (Å²) in [5, 5.41) is 14.4. The summed E-state index contributed by atoms with van der Waals surface area (Å²) in [5.41, 5.74) is 1.54. The van der Waals surface area contributed by atoms with E-state index in [-0.39, 0.29) is 12.3 Å². The number of halogens is 1. The second-order valence-electron chi connectivity index (χ2n) is 4.46. The second-order valence-corrected chi connectivity index (χ2v) is 5.75. The molecule has 1 aromatic carbocycles. The van der Waals surface area contributed by atoms with Gasteiger partial charge in [-0.05, 0) is 19.1 Å². The molecule has 1 heterocycles. The molecule has 1 atom stereocenters. The fourth-order valence-electron chi connectivity index (χ4n) is 1.63. The van der Waals surface area contributed by atoms with Gasteiger partial charge in [0.2, 0.25) is 5.91 Å². The van der Waals surface area contributed by atoms with Gasteiger partial charge >= 0.3 is 5.97 Å². The van der Waals surface area contributed by atoms with Gasteiger partial charge in [0.25, 0.3) is 0 Å². The van der Waals surface area contributed by atoms with E-state index in [9.17, 15) is 9.59 Å². The molecule has 110 valence electrons. The number of carboxylic acid groups (broad SMARTS) is 1. The minimum Gasteiger partial charge on any atom is -0.480 e. The number of carbonyl (C=O) groups is 2. The number of rotatable bonds is 5. The van der Waals surface area contributed by atoms with E-state index in [0.717, 1.165) is 10.6 Å². The fraction of sp³-hybridized carbons (Fsp3) is 0.214. The molecule has 0 aliphatic rings. The molecule has 1 aromatic heterocycles. The molecule has 0 saturated carbocycles. The lowest BCUT2D eigenvalue weighted by Crippen LogP contribution is -2.39. The number of aliphatic carboxylic acids is 1. The van der Waals surface area contributed by atoms with Crippen LogP contribution in [0.3, 0.4) is 0 Å². The van der Waals surface area contributed by atoms with E-state index in [4.69, 9.17) is 16.7 Å². The maximum absolute atomic E-state index is 11.7. The molecule has 2 aromatic rings. The summed E-state index contributed by atoms with van der Waals surface area (Å²) in [6.45, 7) is 1.42. The highest BCUT2D eigenvalue weighted by Crippen LogP contribution is 2.25. The van der Waals surface area contributed by atoms with Crippen LogP contribution in [0.4, 0.5) is 0 Å². The van der Waals surface area contributed by atoms with Crippen molar-refractivity contribution < 1.29 is 14.7 Å². The van der Waals surface area contributed by atoms with Crippen molar-refractivity contribution in [2.24, 2.45) is 0 Å². The number of hydrogen-bond donors (Lipinski definition) is 2. The first-order valence-electron chi connectivity index (χ1n) is 6.18. The van der Waals surface area contributed by atoms with Crippen molar-refractivity contribution in [2.45, 2.75) is 19.4 Å². The van der Waals surface area contributed by atoms with Crippen LogP contribution in [0, 0.1) is 0 Å². The minimum absolute atomic E-state index is 0.0573. The summed E-state index contributed by atoms with van der Waals surface area (Å²) in [4.78, 5) is 26.7. The molecule has 5 nitrogen and oxygen atoms in total. The van der Waals surface area contributed by atoms with E-state index in [1.807, 2.05) is 12.1 Å². The molecule has 1 amide bonds. The predicted molar refractivity (Wildman–Crippen MR) is 81.5 cm³/mol. The second kappa shape index (κ2) is 6.69. The van der Waals surface area contributed by atoms with Gasteiger partial charge in [0.15, 0.2) is 0 Å². The van der Waals surface area contributed by atoms with Crippen molar-refractivity contribution in [3.05, 3.63) is 40.4 Å². The molecule has 0 radical (unpaired) electrons. The quantitative estimate of drug-likeness (QED) is 0.886. The first kappa shape index (κ1) is 15.5. The average molecular weight is 325 g/mol. The highest BCUT2D eigenvalue weighted by molar-refractivity contribution is 7.13. The van der Waals surface area contributed by atoms with Crippen molar-refractivity contribution in [2.75, 3.05) is 0 Å². The zero-order valence-electron chi connectivity index (χ0n) is 11.2. The number of aromatic nitrogens is 1. The zero-order valence-corrected chi connectivity index (χ0v) is 12.7. The van der Waals surface area contributed by atoms with Crippen LogP contribution in [0.15, 0.2) is 29.6 Å². The maximum atomic E-state index is 11.7. The number of amides is 1. The van der Waals surface area contributed by atoms with E-state index in [1.165, 1.54) is 18.3 Å². The SMILES string of the molecule is C[C@@H](NC(=O)Cc1csc(-c2ccc(Cl)cc2)n1)C(=O)O. The number of nitrogens with zero attached hydrogens (tertiary/aromatic N) is 1. The smallest absolute Gasteiger partial charge is 0.325 e. The third kappa shape index (κ3) is 4.27. The Morgan fingerprint density at radius 3 is 2.67 bits per heavy atom. The Morgan fingerprint density at radius 1 is 1.38 bits per heavy atom. The number of thiazole rings is 1. The van der Waals surface area contributed by atoms with Gasteiger partial charge in [-0.25, -0.2) is 4.98 Å². The van der Waals surface area contributed by atoms with Gasteiger partial charge in [-0.2, -0.15) is 0 Å². The van der Waals surface area contributed by atoms with Crippen molar-refractivity contribution in [3.63, 3.8) is 0 Å². The molecule has 0 aliphatic carbocycles. The Bertz CT molecular complexity index is 654. The van der Waals surface area contributed by atoms with E-state index < -0.39 is 12.0 Å². The van der Waals surface area contributed by atoms with Gasteiger partial charge in [-0.3, -0.25) is 9.59 Å². The van der Waals surface area contributed by atoms with Gasteiger partial charge in [0, 0.05) is 16.0 Å². The molecule has 2 rings (SSSR count). The van der Waals surface area contributed by atoms with Crippen LogP contribution in [0.2, 0.25) is 5.02 Å². The largest absolute Gasteiger partial charge is 0.480 e. The van der Waals surface area contributed by atoms with Gasteiger partial charge in [0.1, 0.15) is 11.0 Å².